The van der Waals surface area contributed by atoms with Gasteiger partial charge in [-0.1, -0.05) is 48.5 Å². The number of morpholine rings is 1. The van der Waals surface area contributed by atoms with Crippen molar-refractivity contribution in [2.45, 2.75) is 31.2 Å². The molecule has 4 N–H and O–H groups in total. The number of carbonyl (C=O) groups excluding carboxylic acids is 3. The fraction of sp³-hybridized carbons (Fsp3) is 0.300. The van der Waals surface area contributed by atoms with Gasteiger partial charge >= 0.3 is 0 Å². The Morgan fingerprint density at radius 1 is 0.902 bits per heavy atom. The number of nitrogens with one attached hydrogen (secondary N) is 3. The first-order valence-electron chi connectivity index (χ1n) is 13.2. The minimum absolute atomic E-state index is 0.212. The standard InChI is InChI=1S/C30H32F2N4O5/c1-19(34-30(40)27(37)21-14-22(31)16-23(32)15-21)28(38)35-26(20-8-4-2-5-9-20)29(39)33-17-25-18-36(12-13-41-25)24-10-6-3-7-11-24/h2-11,14-16,19,25-27,37H,12-13,17-18H2,1H3,(H,33,39)(H,34,40)(H,35,38)/t19-,25?,26-,27-/m0/s1. The largest absolute Gasteiger partial charge is 0.378 e. The van der Waals surface area contributed by atoms with Gasteiger partial charge in [0.25, 0.3) is 5.91 Å². The van der Waals surface area contributed by atoms with Gasteiger partial charge in [0, 0.05) is 31.4 Å². The van der Waals surface area contributed by atoms with Crippen LogP contribution in [0.5, 0.6) is 0 Å². The SMILES string of the molecule is C[C@H](NC(=O)[C@@H](O)c1cc(F)cc(F)c1)C(=O)N[C@H](C(=O)NCC1CN(c2ccccc2)CCO1)c1ccccc1. The minimum atomic E-state index is -1.91. The molecular weight excluding hydrogens is 534 g/mol. The first-order chi connectivity index (χ1) is 19.7. The number of hydrogen-bond acceptors (Lipinski definition) is 6. The molecule has 1 fully saturated rings. The van der Waals surface area contributed by atoms with E-state index in [9.17, 15) is 28.3 Å². The van der Waals surface area contributed by atoms with Gasteiger partial charge in [-0.2, -0.15) is 0 Å². The van der Waals surface area contributed by atoms with Crippen LogP contribution in [-0.2, 0) is 19.1 Å². The molecule has 0 aliphatic carbocycles. The summed E-state index contributed by atoms with van der Waals surface area (Å²) in [5.41, 5.74) is 1.28. The Labute approximate surface area is 236 Å². The van der Waals surface area contributed by atoms with Crippen LogP contribution in [0.25, 0.3) is 0 Å². The van der Waals surface area contributed by atoms with E-state index in [0.29, 0.717) is 24.8 Å². The Hall–Kier alpha value is -4.35. The molecule has 0 saturated carbocycles. The van der Waals surface area contributed by atoms with Gasteiger partial charge in [0.05, 0.1) is 12.7 Å². The van der Waals surface area contributed by atoms with Crippen molar-refractivity contribution in [3.05, 3.63) is 102 Å². The third-order valence-electron chi connectivity index (χ3n) is 6.65. The summed E-state index contributed by atoms with van der Waals surface area (Å²) in [6, 6.07) is 18.5. The molecule has 1 saturated heterocycles. The predicted molar refractivity (Wildman–Crippen MR) is 148 cm³/mol. The summed E-state index contributed by atoms with van der Waals surface area (Å²) in [6.07, 6.45) is -2.18. The maximum Gasteiger partial charge on any atom is 0.254 e. The van der Waals surface area contributed by atoms with Crippen LogP contribution in [0, 0.1) is 11.6 Å². The van der Waals surface area contributed by atoms with E-state index in [2.05, 4.69) is 20.9 Å². The monoisotopic (exact) mass is 566 g/mol. The van der Waals surface area contributed by atoms with E-state index in [4.69, 9.17) is 4.74 Å². The lowest BCUT2D eigenvalue weighted by molar-refractivity contribution is -0.135. The lowest BCUT2D eigenvalue weighted by Crippen LogP contribution is -2.52. The van der Waals surface area contributed by atoms with E-state index < -0.39 is 47.5 Å². The van der Waals surface area contributed by atoms with E-state index in [1.807, 2.05) is 30.3 Å². The Morgan fingerprint density at radius 2 is 1.54 bits per heavy atom. The van der Waals surface area contributed by atoms with Crippen molar-refractivity contribution in [3.8, 4) is 0 Å². The highest BCUT2D eigenvalue weighted by Gasteiger charge is 2.29. The van der Waals surface area contributed by atoms with Crippen LogP contribution in [0.1, 0.15) is 30.2 Å². The summed E-state index contributed by atoms with van der Waals surface area (Å²) in [7, 11) is 0. The molecule has 41 heavy (non-hydrogen) atoms. The molecule has 0 aromatic heterocycles. The number of para-hydroxylation sites is 1. The number of benzene rings is 3. The molecule has 11 heteroatoms. The van der Waals surface area contributed by atoms with E-state index in [1.165, 1.54) is 6.92 Å². The van der Waals surface area contributed by atoms with Crippen molar-refractivity contribution in [2.75, 3.05) is 31.1 Å². The first kappa shape index (κ1) is 29.6. The van der Waals surface area contributed by atoms with Crippen molar-refractivity contribution in [1.82, 2.24) is 16.0 Å². The Kier molecular flexibility index (Phi) is 9.99. The molecule has 1 unspecified atom stereocenters. The molecule has 0 radical (unpaired) electrons. The van der Waals surface area contributed by atoms with Gasteiger partial charge in [0.1, 0.15) is 23.7 Å². The lowest BCUT2D eigenvalue weighted by atomic mass is 10.1. The number of amides is 3. The zero-order chi connectivity index (χ0) is 29.4. The van der Waals surface area contributed by atoms with E-state index >= 15 is 0 Å². The molecule has 1 heterocycles. The topological polar surface area (TPSA) is 120 Å². The number of nitrogens with zero attached hydrogens (tertiary/aromatic N) is 1. The molecule has 216 valence electrons. The number of anilines is 1. The Balaban J connectivity index is 1.37. The van der Waals surface area contributed by atoms with Gasteiger partial charge in [0.15, 0.2) is 6.10 Å². The number of carbonyl (C=O) groups is 3. The Morgan fingerprint density at radius 3 is 2.20 bits per heavy atom. The van der Waals surface area contributed by atoms with Crippen molar-refractivity contribution in [1.29, 1.82) is 0 Å². The van der Waals surface area contributed by atoms with Gasteiger partial charge in [-0.25, -0.2) is 8.78 Å². The number of aliphatic hydroxyl groups excluding tert-OH is 1. The molecule has 4 atom stereocenters. The second-order valence-corrected chi connectivity index (χ2v) is 9.71. The smallest absolute Gasteiger partial charge is 0.254 e. The molecule has 0 spiro atoms. The van der Waals surface area contributed by atoms with Crippen LogP contribution < -0.4 is 20.9 Å². The van der Waals surface area contributed by atoms with E-state index in [1.54, 1.807) is 30.3 Å². The van der Waals surface area contributed by atoms with E-state index in [0.717, 1.165) is 24.4 Å². The highest BCUT2D eigenvalue weighted by Crippen LogP contribution is 2.19. The van der Waals surface area contributed by atoms with Crippen LogP contribution in [0.2, 0.25) is 0 Å². The number of halogens is 2. The average Bonchev–Trinajstić information content (AvgIpc) is 2.98. The molecule has 3 amide bonds. The van der Waals surface area contributed by atoms with Crippen LogP contribution in [-0.4, -0.2) is 61.2 Å². The molecular formula is C30H32F2N4O5. The highest BCUT2D eigenvalue weighted by molar-refractivity contribution is 5.93. The van der Waals surface area contributed by atoms with Crippen molar-refractivity contribution < 1.29 is 33.0 Å². The number of aliphatic hydroxyl groups is 1. The Bertz CT molecular complexity index is 1320. The average molecular weight is 567 g/mol. The van der Waals surface area contributed by atoms with Gasteiger partial charge in [-0.05, 0) is 42.3 Å². The van der Waals surface area contributed by atoms with Gasteiger partial charge in [-0.15, -0.1) is 0 Å². The van der Waals surface area contributed by atoms with Crippen molar-refractivity contribution >= 4 is 23.4 Å². The maximum absolute atomic E-state index is 13.5. The molecule has 4 rings (SSSR count). The molecule has 9 nitrogen and oxygen atoms in total. The molecule has 1 aliphatic rings. The third-order valence-corrected chi connectivity index (χ3v) is 6.65. The molecule has 3 aromatic carbocycles. The van der Waals surface area contributed by atoms with Crippen LogP contribution >= 0.6 is 0 Å². The summed E-state index contributed by atoms with van der Waals surface area (Å²) < 4.78 is 32.9. The number of hydrogen-bond donors (Lipinski definition) is 4. The first-order valence-corrected chi connectivity index (χ1v) is 13.2. The second-order valence-electron chi connectivity index (χ2n) is 9.71. The number of rotatable bonds is 10. The lowest BCUT2D eigenvalue weighted by Gasteiger charge is -2.34. The summed E-state index contributed by atoms with van der Waals surface area (Å²) >= 11 is 0. The minimum Gasteiger partial charge on any atom is -0.378 e. The van der Waals surface area contributed by atoms with Crippen LogP contribution in [0.15, 0.2) is 78.9 Å². The maximum atomic E-state index is 13.5. The zero-order valence-corrected chi connectivity index (χ0v) is 22.4. The summed E-state index contributed by atoms with van der Waals surface area (Å²) in [4.78, 5) is 41.0. The van der Waals surface area contributed by atoms with Gasteiger partial charge in [-0.3, -0.25) is 14.4 Å². The van der Waals surface area contributed by atoms with E-state index in [-0.39, 0.29) is 18.2 Å². The summed E-state index contributed by atoms with van der Waals surface area (Å²) in [5.74, 6) is -4.12. The highest BCUT2D eigenvalue weighted by atomic mass is 19.1. The predicted octanol–water partition coefficient (Wildman–Crippen LogP) is 2.38. The quantitative estimate of drug-likeness (QED) is 0.299. The van der Waals surface area contributed by atoms with Gasteiger partial charge in [0.2, 0.25) is 11.8 Å². The fourth-order valence-corrected chi connectivity index (χ4v) is 4.49. The van der Waals surface area contributed by atoms with Crippen LogP contribution in [0.4, 0.5) is 14.5 Å². The van der Waals surface area contributed by atoms with Crippen molar-refractivity contribution in [2.24, 2.45) is 0 Å². The zero-order valence-electron chi connectivity index (χ0n) is 22.4. The van der Waals surface area contributed by atoms with Gasteiger partial charge < -0.3 is 30.7 Å². The summed E-state index contributed by atoms with van der Waals surface area (Å²) in [5, 5.41) is 18.1. The molecule has 1 aliphatic heterocycles. The summed E-state index contributed by atoms with van der Waals surface area (Å²) in [6.45, 7) is 3.38. The molecule has 3 aromatic rings. The third kappa shape index (κ3) is 8.09. The van der Waals surface area contributed by atoms with Crippen molar-refractivity contribution in [3.63, 3.8) is 0 Å². The number of ether oxygens (including phenoxy) is 1. The second kappa shape index (κ2) is 13.8. The fourth-order valence-electron chi connectivity index (χ4n) is 4.49. The molecule has 0 bridgehead atoms. The van der Waals surface area contributed by atoms with Crippen LogP contribution in [0.3, 0.4) is 0 Å². The normalized spacial score (nSPS) is 17.2.